The highest BCUT2D eigenvalue weighted by atomic mass is 19.1. The largest absolute Gasteiger partial charge is 0.309 e. The first-order valence-electron chi connectivity index (χ1n) is 6.42. The first-order valence-corrected chi connectivity index (χ1v) is 6.42. The summed E-state index contributed by atoms with van der Waals surface area (Å²) in [7, 11) is 0. The second-order valence-electron chi connectivity index (χ2n) is 5.26. The summed E-state index contributed by atoms with van der Waals surface area (Å²) >= 11 is 0. The summed E-state index contributed by atoms with van der Waals surface area (Å²) in [5.74, 6) is -0.980. The molecule has 2 nitrogen and oxygen atoms in total. The minimum atomic E-state index is -0.523. The van der Waals surface area contributed by atoms with Crippen LogP contribution < -0.4 is 5.32 Å². The van der Waals surface area contributed by atoms with Crippen LogP contribution in [0.25, 0.3) is 0 Å². The van der Waals surface area contributed by atoms with E-state index in [-0.39, 0.29) is 6.04 Å². The van der Waals surface area contributed by atoms with Gasteiger partial charge in [0.2, 0.25) is 0 Å². The van der Waals surface area contributed by atoms with Gasteiger partial charge in [-0.15, -0.1) is 0 Å². The van der Waals surface area contributed by atoms with Crippen LogP contribution in [0, 0.1) is 11.6 Å². The molecule has 18 heavy (non-hydrogen) atoms. The molecule has 1 heterocycles. The molecule has 1 N–H and O–H groups in total. The molecular weight excluding hydrogens is 234 g/mol. The molecule has 4 heteroatoms. The second kappa shape index (κ2) is 5.33. The minimum Gasteiger partial charge on any atom is -0.309 e. The van der Waals surface area contributed by atoms with Crippen molar-refractivity contribution < 1.29 is 8.78 Å². The van der Waals surface area contributed by atoms with Crippen molar-refractivity contribution in [2.24, 2.45) is 0 Å². The quantitative estimate of drug-likeness (QED) is 0.873. The average molecular weight is 254 g/mol. The lowest BCUT2D eigenvalue weighted by Gasteiger charge is -2.39. The van der Waals surface area contributed by atoms with Gasteiger partial charge < -0.3 is 5.32 Å². The standard InChI is InChI=1S/C14H20F2N2/c1-9-7-18(8-10(2)17-9)11(3)13-5-4-12(15)6-14(13)16/h4-6,9-11,17H,7-8H2,1-3H3. The van der Waals surface area contributed by atoms with Crippen LogP contribution in [0.15, 0.2) is 18.2 Å². The highest BCUT2D eigenvalue weighted by molar-refractivity contribution is 5.22. The highest BCUT2D eigenvalue weighted by Gasteiger charge is 2.26. The van der Waals surface area contributed by atoms with Crippen LogP contribution in [0.5, 0.6) is 0 Å². The number of benzene rings is 1. The van der Waals surface area contributed by atoms with Gasteiger partial charge >= 0.3 is 0 Å². The summed E-state index contributed by atoms with van der Waals surface area (Å²) in [6.45, 7) is 7.97. The van der Waals surface area contributed by atoms with E-state index in [4.69, 9.17) is 0 Å². The SMILES string of the molecule is CC1CN(C(C)c2ccc(F)cc2F)CC(C)N1. The summed E-state index contributed by atoms with van der Waals surface area (Å²) in [4.78, 5) is 2.24. The summed E-state index contributed by atoms with van der Waals surface area (Å²) < 4.78 is 26.7. The van der Waals surface area contributed by atoms with Gasteiger partial charge in [0.05, 0.1) is 0 Å². The van der Waals surface area contributed by atoms with Crippen molar-refractivity contribution in [3.05, 3.63) is 35.4 Å². The Bertz CT molecular complexity index is 412. The van der Waals surface area contributed by atoms with E-state index >= 15 is 0 Å². The van der Waals surface area contributed by atoms with E-state index in [0.29, 0.717) is 17.6 Å². The Labute approximate surface area is 107 Å². The maximum Gasteiger partial charge on any atom is 0.130 e. The molecule has 0 saturated carbocycles. The fourth-order valence-electron chi connectivity index (χ4n) is 2.72. The monoisotopic (exact) mass is 254 g/mol. The molecule has 1 aromatic rings. The fraction of sp³-hybridized carbons (Fsp3) is 0.571. The molecule has 1 aromatic carbocycles. The third kappa shape index (κ3) is 2.87. The van der Waals surface area contributed by atoms with Crippen LogP contribution in [-0.2, 0) is 0 Å². The Morgan fingerprint density at radius 3 is 2.39 bits per heavy atom. The zero-order valence-corrected chi connectivity index (χ0v) is 11.1. The molecule has 1 aliphatic heterocycles. The van der Waals surface area contributed by atoms with Gasteiger partial charge in [-0.25, -0.2) is 8.78 Å². The number of halogens is 2. The Morgan fingerprint density at radius 2 is 1.83 bits per heavy atom. The van der Waals surface area contributed by atoms with E-state index in [1.165, 1.54) is 6.07 Å². The molecule has 0 spiro atoms. The number of hydrogen-bond acceptors (Lipinski definition) is 2. The van der Waals surface area contributed by atoms with E-state index in [1.807, 2.05) is 6.92 Å². The van der Waals surface area contributed by atoms with Gasteiger partial charge in [-0.3, -0.25) is 4.90 Å². The Hall–Kier alpha value is -1.00. The van der Waals surface area contributed by atoms with E-state index in [1.54, 1.807) is 6.07 Å². The third-order valence-corrected chi connectivity index (χ3v) is 3.55. The first-order chi connectivity index (χ1) is 8.47. The lowest BCUT2D eigenvalue weighted by atomic mass is 10.0. The van der Waals surface area contributed by atoms with Gasteiger partial charge in [-0.05, 0) is 26.8 Å². The zero-order chi connectivity index (χ0) is 13.3. The number of hydrogen-bond donors (Lipinski definition) is 1. The number of rotatable bonds is 2. The summed E-state index contributed by atoms with van der Waals surface area (Å²) in [6, 6.07) is 4.58. The van der Waals surface area contributed by atoms with Crippen molar-refractivity contribution in [3.8, 4) is 0 Å². The van der Waals surface area contributed by atoms with Crippen LogP contribution in [-0.4, -0.2) is 30.1 Å². The van der Waals surface area contributed by atoms with Gasteiger partial charge in [-0.2, -0.15) is 0 Å². The summed E-state index contributed by atoms with van der Waals surface area (Å²) in [6.07, 6.45) is 0. The van der Waals surface area contributed by atoms with E-state index in [2.05, 4.69) is 24.1 Å². The van der Waals surface area contributed by atoms with E-state index in [0.717, 1.165) is 19.2 Å². The van der Waals surface area contributed by atoms with Crippen molar-refractivity contribution in [1.82, 2.24) is 10.2 Å². The lowest BCUT2D eigenvalue weighted by molar-refractivity contribution is 0.129. The molecule has 3 unspecified atom stereocenters. The molecule has 0 aromatic heterocycles. The molecule has 100 valence electrons. The zero-order valence-electron chi connectivity index (χ0n) is 11.1. The van der Waals surface area contributed by atoms with Gasteiger partial charge in [0.25, 0.3) is 0 Å². The molecule has 0 aliphatic carbocycles. The van der Waals surface area contributed by atoms with Gasteiger partial charge in [-0.1, -0.05) is 6.07 Å². The Morgan fingerprint density at radius 1 is 1.22 bits per heavy atom. The number of piperazine rings is 1. The van der Waals surface area contributed by atoms with Crippen LogP contribution in [0.3, 0.4) is 0 Å². The molecular formula is C14H20F2N2. The molecule has 0 radical (unpaired) electrons. The van der Waals surface area contributed by atoms with Crippen molar-refractivity contribution >= 4 is 0 Å². The molecule has 0 amide bonds. The lowest BCUT2D eigenvalue weighted by Crippen LogP contribution is -2.54. The maximum absolute atomic E-state index is 13.8. The minimum absolute atomic E-state index is 0.0300. The number of nitrogens with zero attached hydrogens (tertiary/aromatic N) is 1. The van der Waals surface area contributed by atoms with Crippen LogP contribution in [0.1, 0.15) is 32.4 Å². The summed E-state index contributed by atoms with van der Waals surface area (Å²) in [5.41, 5.74) is 0.567. The van der Waals surface area contributed by atoms with Crippen LogP contribution in [0.2, 0.25) is 0 Å². The molecule has 1 saturated heterocycles. The predicted octanol–water partition coefficient (Wildman–Crippen LogP) is 2.71. The highest BCUT2D eigenvalue weighted by Crippen LogP contribution is 2.25. The predicted molar refractivity (Wildman–Crippen MR) is 68.4 cm³/mol. The third-order valence-electron chi connectivity index (χ3n) is 3.55. The molecule has 3 atom stereocenters. The van der Waals surface area contributed by atoms with Crippen molar-refractivity contribution in [2.45, 2.75) is 38.9 Å². The second-order valence-corrected chi connectivity index (χ2v) is 5.26. The Balaban J connectivity index is 2.17. The van der Waals surface area contributed by atoms with Crippen molar-refractivity contribution in [2.75, 3.05) is 13.1 Å². The number of nitrogens with one attached hydrogen (secondary N) is 1. The average Bonchev–Trinajstić information content (AvgIpc) is 2.26. The molecule has 2 rings (SSSR count). The Kier molecular flexibility index (Phi) is 3.97. The van der Waals surface area contributed by atoms with Crippen LogP contribution >= 0.6 is 0 Å². The van der Waals surface area contributed by atoms with Crippen molar-refractivity contribution in [1.29, 1.82) is 0 Å². The van der Waals surface area contributed by atoms with Crippen LogP contribution in [0.4, 0.5) is 8.78 Å². The molecule has 0 bridgehead atoms. The van der Waals surface area contributed by atoms with E-state index in [9.17, 15) is 8.78 Å². The van der Waals surface area contributed by atoms with Gasteiger partial charge in [0.15, 0.2) is 0 Å². The topological polar surface area (TPSA) is 15.3 Å². The smallest absolute Gasteiger partial charge is 0.130 e. The van der Waals surface area contributed by atoms with Gasteiger partial charge in [0, 0.05) is 42.8 Å². The van der Waals surface area contributed by atoms with Crippen molar-refractivity contribution in [3.63, 3.8) is 0 Å². The maximum atomic E-state index is 13.8. The summed E-state index contributed by atoms with van der Waals surface area (Å²) in [5, 5.41) is 3.44. The molecule has 1 aliphatic rings. The van der Waals surface area contributed by atoms with Gasteiger partial charge in [0.1, 0.15) is 11.6 Å². The normalized spacial score (nSPS) is 27.2. The molecule has 1 fully saturated rings. The first kappa shape index (κ1) is 13.4. The fourth-order valence-corrected chi connectivity index (χ4v) is 2.72. The van der Waals surface area contributed by atoms with E-state index < -0.39 is 11.6 Å².